The van der Waals surface area contributed by atoms with Crippen LogP contribution >= 0.6 is 0 Å². The van der Waals surface area contributed by atoms with Crippen molar-refractivity contribution in [2.24, 2.45) is 15.0 Å². The van der Waals surface area contributed by atoms with Crippen LogP contribution in [-0.2, 0) is 0 Å². The van der Waals surface area contributed by atoms with Crippen LogP contribution in [0.3, 0.4) is 0 Å². The Balaban J connectivity index is 1.16. The normalized spacial score (nSPS) is 11.4. The molecule has 54 heavy (non-hydrogen) atoms. The summed E-state index contributed by atoms with van der Waals surface area (Å²) in [6.07, 6.45) is 10.5. The molecule has 0 amide bonds. The molecule has 0 atom stereocenters. The molecular formula is C42H36N12. The van der Waals surface area contributed by atoms with Gasteiger partial charge in [0.2, 0.25) is 17.8 Å². The first-order valence-electron chi connectivity index (χ1n) is 17.1. The van der Waals surface area contributed by atoms with E-state index in [1.54, 1.807) is 37.2 Å². The van der Waals surface area contributed by atoms with Crippen molar-refractivity contribution in [1.29, 1.82) is 0 Å². The van der Waals surface area contributed by atoms with Crippen LogP contribution in [0.25, 0.3) is 0 Å². The summed E-state index contributed by atoms with van der Waals surface area (Å²) in [5.41, 5.74) is 7.41. The molecule has 0 N–H and O–H groups in total. The molecule has 3 aromatic carbocycles. The monoisotopic (exact) mass is 708 g/mol. The average Bonchev–Trinajstić information content (AvgIpc) is 3.25. The highest BCUT2D eigenvalue weighted by molar-refractivity contribution is 5.81. The van der Waals surface area contributed by atoms with Gasteiger partial charge < -0.3 is 14.7 Å². The van der Waals surface area contributed by atoms with Crippen molar-refractivity contribution < 1.29 is 0 Å². The topological polar surface area (TPSA) is 124 Å². The Hall–Kier alpha value is -7.47. The van der Waals surface area contributed by atoms with Gasteiger partial charge in [-0.25, -0.2) is 0 Å². The number of anilines is 6. The van der Waals surface area contributed by atoms with Gasteiger partial charge in [-0.05, 0) is 109 Å². The molecule has 0 fully saturated rings. The van der Waals surface area contributed by atoms with E-state index in [1.807, 2.05) is 163 Å². The zero-order valence-corrected chi connectivity index (χ0v) is 30.0. The predicted octanol–water partition coefficient (Wildman–Crippen LogP) is 8.61. The molecule has 0 aliphatic heterocycles. The summed E-state index contributed by atoms with van der Waals surface area (Å²) < 4.78 is 0. The summed E-state index contributed by atoms with van der Waals surface area (Å²) in [5, 5.41) is 0. The van der Waals surface area contributed by atoms with Gasteiger partial charge in [-0.3, -0.25) is 29.9 Å². The van der Waals surface area contributed by atoms with E-state index in [0.717, 1.165) is 51.2 Å². The maximum absolute atomic E-state index is 4.93. The number of pyridine rings is 3. The Labute approximate surface area is 313 Å². The van der Waals surface area contributed by atoms with Crippen LogP contribution < -0.4 is 14.7 Å². The standard InChI is InChI=1S/C42H36N12/c1-52(37-19-13-31(14-20-37)46-28-34-10-4-7-25-43-34)40-49-41(53(2)38-21-15-32(16-22-38)47-29-35-11-5-8-26-44-35)51-42(50-40)54(3)39-23-17-33(18-24-39)48-30-36-12-6-9-27-45-36/h4-30H,1-3H3. The van der Waals surface area contributed by atoms with Crippen molar-refractivity contribution in [3.8, 4) is 0 Å². The fourth-order valence-electron chi connectivity index (χ4n) is 5.21. The molecule has 0 aliphatic carbocycles. The molecule has 0 aliphatic rings. The number of rotatable bonds is 12. The van der Waals surface area contributed by atoms with E-state index in [-0.39, 0.29) is 0 Å². The maximum atomic E-state index is 4.93. The minimum atomic E-state index is 0.464. The first-order valence-corrected chi connectivity index (χ1v) is 17.1. The molecule has 0 bridgehead atoms. The fourth-order valence-corrected chi connectivity index (χ4v) is 5.21. The number of hydrogen-bond acceptors (Lipinski definition) is 12. The van der Waals surface area contributed by atoms with Gasteiger partial charge >= 0.3 is 0 Å². The van der Waals surface area contributed by atoms with Crippen LogP contribution in [0.1, 0.15) is 17.1 Å². The van der Waals surface area contributed by atoms with Gasteiger partial charge in [-0.2, -0.15) is 15.0 Å². The van der Waals surface area contributed by atoms with Crippen molar-refractivity contribution >= 4 is 70.6 Å². The van der Waals surface area contributed by atoms with Gasteiger partial charge in [-0.1, -0.05) is 18.2 Å². The van der Waals surface area contributed by atoms with Crippen LogP contribution in [0, 0.1) is 0 Å². The van der Waals surface area contributed by atoms with E-state index >= 15 is 0 Å². The SMILES string of the molecule is CN(c1ccc(N=Cc2ccccn2)cc1)c1nc(N(C)c2ccc(N=Cc3ccccn3)cc2)nc(N(C)c2ccc(N=Cc3ccccn3)cc2)n1. The van der Waals surface area contributed by atoms with Crippen LogP contribution in [0.4, 0.5) is 52.0 Å². The molecule has 4 aromatic heterocycles. The Morgan fingerprint density at radius 3 is 0.889 bits per heavy atom. The lowest BCUT2D eigenvalue weighted by molar-refractivity contribution is 0.926. The molecule has 7 aromatic rings. The molecule has 0 saturated carbocycles. The minimum Gasteiger partial charge on any atom is -0.313 e. The Morgan fingerprint density at radius 1 is 0.370 bits per heavy atom. The lowest BCUT2D eigenvalue weighted by Gasteiger charge is -2.25. The average molecular weight is 709 g/mol. The molecule has 4 heterocycles. The van der Waals surface area contributed by atoms with Crippen molar-refractivity contribution in [2.75, 3.05) is 35.8 Å². The molecule has 0 unspecified atom stereocenters. The third-order valence-electron chi connectivity index (χ3n) is 8.31. The van der Waals surface area contributed by atoms with Crippen LogP contribution in [-0.4, -0.2) is 69.7 Å². The Bertz CT molecular complexity index is 2070. The number of aromatic nitrogens is 6. The second kappa shape index (κ2) is 16.7. The number of nitrogens with zero attached hydrogens (tertiary/aromatic N) is 12. The first kappa shape index (κ1) is 35.0. The molecule has 0 saturated heterocycles. The summed E-state index contributed by atoms with van der Waals surface area (Å²) >= 11 is 0. The largest absolute Gasteiger partial charge is 0.313 e. The van der Waals surface area contributed by atoms with E-state index in [1.165, 1.54) is 0 Å². The lowest BCUT2D eigenvalue weighted by Crippen LogP contribution is -2.22. The van der Waals surface area contributed by atoms with Gasteiger partial charge in [0.1, 0.15) is 0 Å². The zero-order valence-electron chi connectivity index (χ0n) is 30.0. The van der Waals surface area contributed by atoms with Crippen molar-refractivity contribution in [2.45, 2.75) is 0 Å². The summed E-state index contributed by atoms with van der Waals surface area (Å²) in [6.45, 7) is 0. The maximum Gasteiger partial charge on any atom is 0.236 e. The van der Waals surface area contributed by atoms with E-state index in [2.05, 4.69) is 29.9 Å². The third kappa shape index (κ3) is 8.87. The highest BCUT2D eigenvalue weighted by Crippen LogP contribution is 2.31. The summed E-state index contributed by atoms with van der Waals surface area (Å²) in [6, 6.07) is 40.7. The minimum absolute atomic E-state index is 0.464. The van der Waals surface area contributed by atoms with Gasteiger partial charge in [-0.15, -0.1) is 0 Å². The second-order valence-electron chi connectivity index (χ2n) is 12.0. The van der Waals surface area contributed by atoms with Crippen LogP contribution in [0.2, 0.25) is 0 Å². The molecule has 0 spiro atoms. The van der Waals surface area contributed by atoms with Crippen LogP contribution in [0.15, 0.2) is 161 Å². The highest BCUT2D eigenvalue weighted by atomic mass is 15.4. The molecule has 264 valence electrons. The first-order chi connectivity index (χ1) is 26.5. The lowest BCUT2D eigenvalue weighted by atomic mass is 10.2. The smallest absolute Gasteiger partial charge is 0.236 e. The van der Waals surface area contributed by atoms with Gasteiger partial charge in [0.05, 0.1) is 52.8 Å². The molecule has 12 heteroatoms. The van der Waals surface area contributed by atoms with Crippen molar-refractivity contribution in [3.05, 3.63) is 163 Å². The molecule has 0 radical (unpaired) electrons. The molecular weight excluding hydrogens is 673 g/mol. The Morgan fingerprint density at radius 2 is 0.648 bits per heavy atom. The number of aliphatic imine (C=N–C) groups is 3. The quantitative estimate of drug-likeness (QED) is 0.115. The highest BCUT2D eigenvalue weighted by Gasteiger charge is 2.19. The van der Waals surface area contributed by atoms with Crippen LogP contribution in [0.5, 0.6) is 0 Å². The van der Waals surface area contributed by atoms with Gasteiger partial charge in [0.15, 0.2) is 0 Å². The van der Waals surface area contributed by atoms with E-state index in [9.17, 15) is 0 Å². The van der Waals surface area contributed by atoms with Crippen molar-refractivity contribution in [1.82, 2.24) is 29.9 Å². The summed E-state index contributed by atoms with van der Waals surface area (Å²) in [7, 11) is 5.79. The molecule has 7 rings (SSSR count). The van der Waals surface area contributed by atoms with E-state index in [0.29, 0.717) is 17.8 Å². The number of hydrogen-bond donors (Lipinski definition) is 0. The zero-order chi connectivity index (χ0) is 37.1. The Kier molecular flexibility index (Phi) is 10.8. The van der Waals surface area contributed by atoms with Gasteiger partial charge in [0.25, 0.3) is 0 Å². The van der Waals surface area contributed by atoms with E-state index in [4.69, 9.17) is 15.0 Å². The number of benzene rings is 3. The second-order valence-corrected chi connectivity index (χ2v) is 12.0. The summed E-state index contributed by atoms with van der Waals surface area (Å²) in [4.78, 5) is 47.2. The van der Waals surface area contributed by atoms with E-state index < -0.39 is 0 Å². The van der Waals surface area contributed by atoms with Gasteiger partial charge in [0, 0.05) is 56.8 Å². The fraction of sp³-hybridized carbons (Fsp3) is 0.0714. The molecule has 12 nitrogen and oxygen atoms in total. The third-order valence-corrected chi connectivity index (χ3v) is 8.31. The predicted molar refractivity (Wildman–Crippen MR) is 218 cm³/mol. The summed E-state index contributed by atoms with van der Waals surface area (Å²) in [5.74, 6) is 1.39. The van der Waals surface area contributed by atoms with Crippen molar-refractivity contribution in [3.63, 3.8) is 0 Å².